The van der Waals surface area contributed by atoms with Crippen molar-refractivity contribution in [2.45, 2.75) is 13.8 Å². The zero-order valence-corrected chi connectivity index (χ0v) is 9.24. The summed E-state index contributed by atoms with van der Waals surface area (Å²) < 4.78 is 0. The van der Waals surface area contributed by atoms with Crippen molar-refractivity contribution in [3.63, 3.8) is 0 Å². The van der Waals surface area contributed by atoms with Crippen LogP contribution in [-0.2, 0) is 4.79 Å². The van der Waals surface area contributed by atoms with Gasteiger partial charge in [-0.1, -0.05) is 13.8 Å². The first kappa shape index (κ1) is 12.0. The maximum Gasteiger partial charge on any atom is 0.228 e. The standard InChI is InChI=1S/C11H15N3O2/c1-6(2)11(16)14-10(13)7-3-8(12)5-9(15)4-7/h3-6,15H,12H2,1-2H3,(H2,13,14,16). The van der Waals surface area contributed by atoms with E-state index in [4.69, 9.17) is 11.1 Å². The van der Waals surface area contributed by atoms with Crippen LogP contribution in [0.5, 0.6) is 5.75 Å². The Morgan fingerprint density at radius 2 is 2.06 bits per heavy atom. The van der Waals surface area contributed by atoms with Gasteiger partial charge in [-0.3, -0.25) is 10.2 Å². The highest BCUT2D eigenvalue weighted by Crippen LogP contribution is 2.17. The Labute approximate surface area is 93.8 Å². The molecule has 0 saturated heterocycles. The topological polar surface area (TPSA) is 99.2 Å². The third-order valence-electron chi connectivity index (χ3n) is 2.00. The fourth-order valence-electron chi connectivity index (χ4n) is 1.12. The lowest BCUT2D eigenvalue weighted by Crippen LogP contribution is -2.33. The van der Waals surface area contributed by atoms with Crippen LogP contribution in [0.2, 0.25) is 0 Å². The third kappa shape index (κ3) is 2.98. The van der Waals surface area contributed by atoms with Gasteiger partial charge in [-0.05, 0) is 12.1 Å². The molecule has 0 atom stereocenters. The number of phenolic OH excluding ortho intramolecular Hbond substituents is 1. The monoisotopic (exact) mass is 221 g/mol. The summed E-state index contributed by atoms with van der Waals surface area (Å²) in [6.45, 7) is 3.47. The molecule has 0 aromatic heterocycles. The van der Waals surface area contributed by atoms with Crippen molar-refractivity contribution in [2.24, 2.45) is 5.92 Å². The number of nitrogens with two attached hydrogens (primary N) is 1. The van der Waals surface area contributed by atoms with Crippen LogP contribution < -0.4 is 11.1 Å². The molecular weight excluding hydrogens is 206 g/mol. The molecule has 5 nitrogen and oxygen atoms in total. The zero-order chi connectivity index (χ0) is 12.3. The molecule has 1 rings (SSSR count). The summed E-state index contributed by atoms with van der Waals surface area (Å²) in [6, 6.07) is 4.27. The second-order valence-corrected chi connectivity index (χ2v) is 3.83. The van der Waals surface area contributed by atoms with Crippen LogP contribution >= 0.6 is 0 Å². The summed E-state index contributed by atoms with van der Waals surface area (Å²) in [5.41, 5.74) is 6.25. The highest BCUT2D eigenvalue weighted by Gasteiger charge is 2.11. The van der Waals surface area contributed by atoms with Gasteiger partial charge in [0.2, 0.25) is 5.91 Å². The second-order valence-electron chi connectivity index (χ2n) is 3.83. The number of hydrogen-bond donors (Lipinski definition) is 4. The van der Waals surface area contributed by atoms with E-state index < -0.39 is 0 Å². The molecule has 0 aliphatic heterocycles. The third-order valence-corrected chi connectivity index (χ3v) is 2.00. The van der Waals surface area contributed by atoms with Crippen molar-refractivity contribution in [3.8, 4) is 5.75 Å². The molecule has 0 spiro atoms. The lowest BCUT2D eigenvalue weighted by Gasteiger charge is -2.09. The van der Waals surface area contributed by atoms with Crippen LogP contribution in [0.15, 0.2) is 18.2 Å². The number of nitrogens with one attached hydrogen (secondary N) is 2. The lowest BCUT2D eigenvalue weighted by atomic mass is 10.1. The number of amidine groups is 1. The fourth-order valence-corrected chi connectivity index (χ4v) is 1.12. The molecule has 86 valence electrons. The highest BCUT2D eigenvalue weighted by atomic mass is 16.3. The Morgan fingerprint density at radius 1 is 1.44 bits per heavy atom. The SMILES string of the molecule is CC(C)C(=O)NC(=N)c1cc(N)cc(O)c1. The van der Waals surface area contributed by atoms with Gasteiger partial charge in [0.1, 0.15) is 11.6 Å². The number of benzene rings is 1. The van der Waals surface area contributed by atoms with E-state index >= 15 is 0 Å². The second kappa shape index (κ2) is 4.65. The Bertz CT molecular complexity index is 407. The van der Waals surface area contributed by atoms with Gasteiger partial charge in [0, 0.05) is 23.2 Å². The zero-order valence-electron chi connectivity index (χ0n) is 9.24. The molecule has 0 heterocycles. The van der Waals surface area contributed by atoms with Crippen LogP contribution in [0.1, 0.15) is 19.4 Å². The molecule has 0 aliphatic carbocycles. The largest absolute Gasteiger partial charge is 0.508 e. The van der Waals surface area contributed by atoms with Crippen LogP contribution in [0.4, 0.5) is 5.69 Å². The van der Waals surface area contributed by atoms with Gasteiger partial charge in [0.05, 0.1) is 0 Å². The number of aromatic hydroxyl groups is 1. The molecule has 0 saturated carbocycles. The average Bonchev–Trinajstić information content (AvgIpc) is 2.15. The van der Waals surface area contributed by atoms with E-state index in [1.165, 1.54) is 18.2 Å². The predicted octanol–water partition coefficient (Wildman–Crippen LogP) is 1.07. The Kier molecular flexibility index (Phi) is 3.50. The number of carbonyl (C=O) groups is 1. The van der Waals surface area contributed by atoms with Gasteiger partial charge >= 0.3 is 0 Å². The molecule has 0 fully saturated rings. The Balaban J connectivity index is 2.85. The number of anilines is 1. The first-order valence-corrected chi connectivity index (χ1v) is 4.89. The number of amides is 1. The predicted molar refractivity (Wildman–Crippen MR) is 62.3 cm³/mol. The van der Waals surface area contributed by atoms with Crippen molar-refractivity contribution in [2.75, 3.05) is 5.73 Å². The van der Waals surface area contributed by atoms with E-state index in [0.29, 0.717) is 11.3 Å². The van der Waals surface area contributed by atoms with E-state index in [9.17, 15) is 9.90 Å². The van der Waals surface area contributed by atoms with E-state index in [1.54, 1.807) is 13.8 Å². The quantitative estimate of drug-likeness (QED) is 0.341. The summed E-state index contributed by atoms with van der Waals surface area (Å²) in [4.78, 5) is 11.4. The van der Waals surface area contributed by atoms with Crippen molar-refractivity contribution in [1.29, 1.82) is 5.41 Å². The van der Waals surface area contributed by atoms with Crippen LogP contribution in [-0.4, -0.2) is 16.8 Å². The minimum atomic E-state index is -0.244. The molecule has 1 amide bonds. The normalized spacial score (nSPS) is 10.2. The molecule has 0 aliphatic rings. The highest BCUT2D eigenvalue weighted by molar-refractivity contribution is 6.07. The molecule has 0 radical (unpaired) electrons. The summed E-state index contributed by atoms with van der Waals surface area (Å²) >= 11 is 0. The van der Waals surface area contributed by atoms with Crippen molar-refractivity contribution in [3.05, 3.63) is 23.8 Å². The molecule has 5 heteroatoms. The van der Waals surface area contributed by atoms with Crippen LogP contribution in [0.3, 0.4) is 0 Å². The first-order chi connectivity index (χ1) is 7.40. The summed E-state index contributed by atoms with van der Waals surface area (Å²) in [5.74, 6) is -0.540. The maximum absolute atomic E-state index is 11.4. The van der Waals surface area contributed by atoms with Crippen molar-refractivity contribution < 1.29 is 9.90 Å². The molecule has 1 aromatic rings. The van der Waals surface area contributed by atoms with E-state index in [-0.39, 0.29) is 23.4 Å². The smallest absolute Gasteiger partial charge is 0.228 e. The van der Waals surface area contributed by atoms with E-state index in [0.717, 1.165) is 0 Å². The van der Waals surface area contributed by atoms with Gasteiger partial charge in [0.25, 0.3) is 0 Å². The molecule has 0 bridgehead atoms. The average molecular weight is 221 g/mol. The Hall–Kier alpha value is -2.04. The number of phenols is 1. The van der Waals surface area contributed by atoms with Crippen LogP contribution in [0, 0.1) is 11.3 Å². The van der Waals surface area contributed by atoms with Crippen molar-refractivity contribution >= 4 is 17.4 Å². The van der Waals surface area contributed by atoms with E-state index in [1.807, 2.05) is 0 Å². The van der Waals surface area contributed by atoms with Gasteiger partial charge < -0.3 is 16.2 Å². The summed E-state index contributed by atoms with van der Waals surface area (Å²) in [5, 5.41) is 19.4. The molecule has 1 aromatic carbocycles. The molecule has 0 unspecified atom stereocenters. The van der Waals surface area contributed by atoms with Gasteiger partial charge in [-0.25, -0.2) is 0 Å². The number of carbonyl (C=O) groups excluding carboxylic acids is 1. The van der Waals surface area contributed by atoms with Gasteiger partial charge in [0.15, 0.2) is 0 Å². The first-order valence-electron chi connectivity index (χ1n) is 4.89. The number of rotatable bonds is 2. The minimum absolute atomic E-state index is 0.0291. The molecule has 16 heavy (non-hydrogen) atoms. The van der Waals surface area contributed by atoms with Gasteiger partial charge in [-0.15, -0.1) is 0 Å². The fraction of sp³-hybridized carbons (Fsp3) is 0.273. The van der Waals surface area contributed by atoms with Crippen molar-refractivity contribution in [1.82, 2.24) is 5.32 Å². The lowest BCUT2D eigenvalue weighted by molar-refractivity contribution is -0.122. The number of nitrogen functional groups attached to an aromatic ring is 1. The van der Waals surface area contributed by atoms with Gasteiger partial charge in [-0.2, -0.15) is 0 Å². The minimum Gasteiger partial charge on any atom is -0.508 e. The summed E-state index contributed by atoms with van der Waals surface area (Å²) in [6.07, 6.45) is 0. The molecule has 5 N–H and O–H groups in total. The number of hydrogen-bond acceptors (Lipinski definition) is 4. The molecular formula is C11H15N3O2. The van der Waals surface area contributed by atoms with E-state index in [2.05, 4.69) is 5.32 Å². The maximum atomic E-state index is 11.4. The Morgan fingerprint density at radius 3 is 2.56 bits per heavy atom. The van der Waals surface area contributed by atoms with Crippen LogP contribution in [0.25, 0.3) is 0 Å². The summed E-state index contributed by atoms with van der Waals surface area (Å²) in [7, 11) is 0.